The molecular formula is C18H20O3. The smallest absolute Gasteiger partial charge is 0.330 e. The molecule has 0 saturated heterocycles. The number of hydrogen-bond acceptors (Lipinski definition) is 3. The van der Waals surface area contributed by atoms with E-state index in [-0.39, 0.29) is 11.7 Å². The Morgan fingerprint density at radius 3 is 2.71 bits per heavy atom. The van der Waals surface area contributed by atoms with Crippen molar-refractivity contribution in [2.75, 3.05) is 6.61 Å². The van der Waals surface area contributed by atoms with Crippen molar-refractivity contribution in [3.63, 3.8) is 0 Å². The maximum absolute atomic E-state index is 11.6. The highest BCUT2D eigenvalue weighted by Gasteiger charge is 2.35. The Hall–Kier alpha value is -2.03. The molecule has 3 atom stereocenters. The number of phenols is 1. The summed E-state index contributed by atoms with van der Waals surface area (Å²) >= 11 is 0. The molecule has 110 valence electrons. The molecule has 1 saturated carbocycles. The summed E-state index contributed by atoms with van der Waals surface area (Å²) in [5.41, 5.74) is 0.864. The molecule has 1 fully saturated rings. The second-order valence-corrected chi connectivity index (χ2v) is 5.92. The van der Waals surface area contributed by atoms with E-state index in [1.54, 1.807) is 30.3 Å². The van der Waals surface area contributed by atoms with Crippen LogP contribution in [0.15, 0.2) is 42.5 Å². The lowest BCUT2D eigenvalue weighted by molar-refractivity contribution is -0.138. The summed E-state index contributed by atoms with van der Waals surface area (Å²) in [7, 11) is 0. The third kappa shape index (κ3) is 3.54. The second kappa shape index (κ2) is 6.17. The van der Waals surface area contributed by atoms with Crippen molar-refractivity contribution in [3.8, 4) is 5.75 Å². The topological polar surface area (TPSA) is 46.5 Å². The molecule has 0 heterocycles. The van der Waals surface area contributed by atoms with Crippen LogP contribution in [0.5, 0.6) is 5.75 Å². The van der Waals surface area contributed by atoms with Gasteiger partial charge in [0.2, 0.25) is 0 Å². The monoisotopic (exact) mass is 284 g/mol. The van der Waals surface area contributed by atoms with E-state index in [9.17, 15) is 9.90 Å². The lowest BCUT2D eigenvalue weighted by Gasteiger charge is -2.17. The highest BCUT2D eigenvalue weighted by atomic mass is 16.5. The molecule has 0 spiro atoms. The molecule has 1 N–H and O–H groups in total. The van der Waals surface area contributed by atoms with Gasteiger partial charge in [-0.15, -0.1) is 0 Å². The van der Waals surface area contributed by atoms with Crippen LogP contribution >= 0.6 is 0 Å². The average Bonchev–Trinajstić information content (AvgIpc) is 3.09. The fraction of sp³-hybridized carbons (Fsp3) is 0.389. The van der Waals surface area contributed by atoms with Crippen LogP contribution < -0.4 is 0 Å². The van der Waals surface area contributed by atoms with Crippen molar-refractivity contribution in [2.45, 2.75) is 19.3 Å². The summed E-state index contributed by atoms with van der Waals surface area (Å²) in [5, 5.41) is 9.18. The second-order valence-electron chi connectivity index (χ2n) is 5.92. The summed E-state index contributed by atoms with van der Waals surface area (Å²) in [4.78, 5) is 11.6. The Labute approximate surface area is 124 Å². The van der Waals surface area contributed by atoms with Crippen molar-refractivity contribution < 1.29 is 14.6 Å². The van der Waals surface area contributed by atoms with E-state index >= 15 is 0 Å². The van der Waals surface area contributed by atoms with Crippen LogP contribution in [0.4, 0.5) is 0 Å². The number of esters is 1. The normalized spacial score (nSPS) is 26.6. The van der Waals surface area contributed by atoms with Gasteiger partial charge in [0.15, 0.2) is 0 Å². The molecule has 3 heteroatoms. The van der Waals surface area contributed by atoms with Gasteiger partial charge in [-0.3, -0.25) is 0 Å². The molecule has 0 aliphatic heterocycles. The average molecular weight is 284 g/mol. The van der Waals surface area contributed by atoms with Gasteiger partial charge in [0, 0.05) is 6.08 Å². The molecule has 1 aromatic rings. The summed E-state index contributed by atoms with van der Waals surface area (Å²) < 4.78 is 5.26. The van der Waals surface area contributed by atoms with E-state index < -0.39 is 0 Å². The third-order valence-electron chi connectivity index (χ3n) is 4.45. The minimum atomic E-state index is -0.304. The first-order valence-corrected chi connectivity index (χ1v) is 7.53. The highest BCUT2D eigenvalue weighted by Crippen LogP contribution is 2.44. The molecule has 3 rings (SSSR count). The molecule has 2 bridgehead atoms. The molecule has 21 heavy (non-hydrogen) atoms. The molecule has 0 aromatic heterocycles. The number of benzene rings is 1. The number of aromatic hydroxyl groups is 1. The summed E-state index contributed by atoms with van der Waals surface area (Å²) in [6.45, 7) is 0.500. The van der Waals surface area contributed by atoms with Crippen molar-refractivity contribution >= 4 is 12.0 Å². The van der Waals surface area contributed by atoms with Gasteiger partial charge in [0.25, 0.3) is 0 Å². The zero-order chi connectivity index (χ0) is 14.7. The molecule has 0 radical (unpaired) electrons. The molecule has 0 amide bonds. The first-order chi connectivity index (χ1) is 10.2. The Balaban J connectivity index is 1.40. The molecular weight excluding hydrogens is 264 g/mol. The van der Waals surface area contributed by atoms with Gasteiger partial charge in [-0.2, -0.15) is 0 Å². The Morgan fingerprint density at radius 1 is 1.24 bits per heavy atom. The van der Waals surface area contributed by atoms with E-state index in [0.717, 1.165) is 17.9 Å². The fourth-order valence-electron chi connectivity index (χ4n) is 3.34. The summed E-state index contributed by atoms with van der Waals surface area (Å²) in [5.74, 6) is 2.08. The van der Waals surface area contributed by atoms with E-state index in [4.69, 9.17) is 4.74 Å². The Morgan fingerprint density at radius 2 is 2.05 bits per heavy atom. The quantitative estimate of drug-likeness (QED) is 0.511. The maximum atomic E-state index is 11.6. The van der Waals surface area contributed by atoms with Crippen LogP contribution in [0.25, 0.3) is 6.08 Å². The minimum Gasteiger partial charge on any atom is -0.508 e. The minimum absolute atomic E-state index is 0.217. The SMILES string of the molecule is O=C(/C=C/c1ccc(O)cc1)OCCC1CC2C=CC1C2. The number of phenolic OH excluding ortho intramolecular Hbond substituents is 1. The van der Waals surface area contributed by atoms with Gasteiger partial charge < -0.3 is 9.84 Å². The number of allylic oxidation sites excluding steroid dienone is 2. The Bertz CT molecular complexity index is 556. The van der Waals surface area contributed by atoms with E-state index in [2.05, 4.69) is 12.2 Å². The van der Waals surface area contributed by atoms with Crippen LogP contribution in [0.2, 0.25) is 0 Å². The number of carbonyl (C=O) groups is 1. The number of hydrogen-bond donors (Lipinski definition) is 1. The standard InChI is InChI=1S/C18H20O3/c19-17-6-2-13(3-7-17)4-8-18(20)21-10-9-16-12-14-1-5-15(16)11-14/h1-8,14-16,19H,9-12H2/b8-4+. The van der Waals surface area contributed by atoms with Crippen LogP contribution in [0.1, 0.15) is 24.8 Å². The van der Waals surface area contributed by atoms with Crippen LogP contribution in [-0.4, -0.2) is 17.7 Å². The molecule has 3 nitrogen and oxygen atoms in total. The zero-order valence-electron chi connectivity index (χ0n) is 11.9. The number of ether oxygens (including phenoxy) is 1. The van der Waals surface area contributed by atoms with Crippen molar-refractivity contribution in [1.82, 2.24) is 0 Å². The van der Waals surface area contributed by atoms with Gasteiger partial charge in [-0.25, -0.2) is 4.79 Å². The first-order valence-electron chi connectivity index (χ1n) is 7.53. The first kappa shape index (κ1) is 13.9. The van der Waals surface area contributed by atoms with E-state index in [1.165, 1.54) is 18.9 Å². The third-order valence-corrected chi connectivity index (χ3v) is 4.45. The van der Waals surface area contributed by atoms with E-state index in [1.807, 2.05) is 0 Å². The van der Waals surface area contributed by atoms with Gasteiger partial charge >= 0.3 is 5.97 Å². The lowest BCUT2D eigenvalue weighted by atomic mass is 9.91. The number of rotatable bonds is 5. The van der Waals surface area contributed by atoms with Crippen LogP contribution in [-0.2, 0) is 9.53 Å². The highest BCUT2D eigenvalue weighted by molar-refractivity contribution is 5.87. The van der Waals surface area contributed by atoms with Crippen LogP contribution in [0, 0.1) is 17.8 Å². The lowest BCUT2D eigenvalue weighted by Crippen LogP contribution is -2.12. The number of carbonyl (C=O) groups excluding carboxylic acids is 1. The maximum Gasteiger partial charge on any atom is 0.330 e. The fourth-order valence-corrected chi connectivity index (χ4v) is 3.34. The summed E-state index contributed by atoms with van der Waals surface area (Å²) in [6.07, 6.45) is 11.3. The van der Waals surface area contributed by atoms with Gasteiger partial charge in [0.05, 0.1) is 6.61 Å². The van der Waals surface area contributed by atoms with Crippen LogP contribution in [0.3, 0.4) is 0 Å². The van der Waals surface area contributed by atoms with Gasteiger partial charge in [-0.05, 0) is 60.8 Å². The van der Waals surface area contributed by atoms with Crippen molar-refractivity contribution in [2.24, 2.45) is 17.8 Å². The zero-order valence-corrected chi connectivity index (χ0v) is 11.9. The predicted octanol–water partition coefficient (Wildman–Crippen LogP) is 3.55. The van der Waals surface area contributed by atoms with Gasteiger partial charge in [-0.1, -0.05) is 24.3 Å². The van der Waals surface area contributed by atoms with Crippen molar-refractivity contribution in [3.05, 3.63) is 48.1 Å². The largest absolute Gasteiger partial charge is 0.508 e. The molecule has 2 aliphatic rings. The van der Waals surface area contributed by atoms with Gasteiger partial charge in [0.1, 0.15) is 5.75 Å². The number of fused-ring (bicyclic) bond motifs is 2. The predicted molar refractivity (Wildman–Crippen MR) is 81.6 cm³/mol. The van der Waals surface area contributed by atoms with E-state index in [0.29, 0.717) is 18.4 Å². The molecule has 2 aliphatic carbocycles. The molecule has 3 unspecified atom stereocenters. The van der Waals surface area contributed by atoms with Crippen molar-refractivity contribution in [1.29, 1.82) is 0 Å². The molecule has 1 aromatic carbocycles. The summed E-state index contributed by atoms with van der Waals surface area (Å²) in [6, 6.07) is 6.68. The Kier molecular flexibility index (Phi) is 4.09.